The highest BCUT2D eigenvalue weighted by molar-refractivity contribution is 6.33. The van der Waals surface area contributed by atoms with Crippen molar-refractivity contribution in [3.8, 4) is 27.9 Å². The van der Waals surface area contributed by atoms with Gasteiger partial charge in [-0.05, 0) is 74.7 Å². The molecule has 0 bridgehead atoms. The van der Waals surface area contributed by atoms with Gasteiger partial charge in [-0.15, -0.1) is 0 Å². The average molecular weight is 673 g/mol. The molecule has 13 rings (SSSR count). The standard InChI is InChI=1S/C50H28N2O/c53-49-35-20-5-4-19-33(35)45-47-37(32-18-9-13-25-43(32)51(47)29-14-2-1-3-15-29)28-38-34-26-27-42-44(46(34)52(49)48(38)45)36-21-8-12-24-41(36)50(42)39-22-10-6-16-30(39)31-17-7-11-23-40(31)50/h1-28H. The van der Waals surface area contributed by atoms with E-state index >= 15 is 4.79 Å². The number of hydrogen-bond acceptors (Lipinski definition) is 1. The van der Waals surface area contributed by atoms with Crippen molar-refractivity contribution >= 4 is 59.8 Å². The Labute approximate surface area is 303 Å². The summed E-state index contributed by atoms with van der Waals surface area (Å²) in [5.74, 6) is 0. The number of fused-ring (bicyclic) bond motifs is 20. The number of hydrogen-bond donors (Lipinski definition) is 0. The third kappa shape index (κ3) is 3.06. The monoisotopic (exact) mass is 672 g/mol. The second-order valence-corrected chi connectivity index (χ2v) is 14.7. The minimum Gasteiger partial charge on any atom is -0.309 e. The number of benzene rings is 8. The molecule has 0 atom stereocenters. The molecule has 11 aromatic rings. The Morgan fingerprint density at radius 3 is 1.70 bits per heavy atom. The van der Waals surface area contributed by atoms with Crippen molar-refractivity contribution in [1.82, 2.24) is 8.97 Å². The van der Waals surface area contributed by atoms with Crippen molar-refractivity contribution < 1.29 is 0 Å². The van der Waals surface area contributed by atoms with E-state index in [9.17, 15) is 0 Å². The molecule has 3 heterocycles. The molecule has 2 aliphatic rings. The number of pyridine rings is 1. The third-order valence-corrected chi connectivity index (χ3v) is 12.4. The zero-order valence-corrected chi connectivity index (χ0v) is 28.5. The Bertz CT molecular complexity index is 3430. The van der Waals surface area contributed by atoms with Crippen molar-refractivity contribution in [3.63, 3.8) is 0 Å². The van der Waals surface area contributed by atoms with Gasteiger partial charge in [0.25, 0.3) is 5.56 Å². The lowest BCUT2D eigenvalue weighted by Gasteiger charge is -2.30. The summed E-state index contributed by atoms with van der Waals surface area (Å²) in [5.41, 5.74) is 14.9. The van der Waals surface area contributed by atoms with Crippen molar-refractivity contribution in [2.24, 2.45) is 0 Å². The van der Waals surface area contributed by atoms with Crippen LogP contribution in [-0.2, 0) is 5.41 Å². The molecule has 0 saturated carbocycles. The van der Waals surface area contributed by atoms with E-state index in [0.29, 0.717) is 0 Å². The summed E-state index contributed by atoms with van der Waals surface area (Å²) in [6.45, 7) is 0. The maximum atomic E-state index is 15.2. The molecule has 53 heavy (non-hydrogen) atoms. The van der Waals surface area contributed by atoms with Gasteiger partial charge in [0.05, 0.1) is 27.5 Å². The van der Waals surface area contributed by atoms with Gasteiger partial charge in [-0.2, -0.15) is 0 Å². The molecule has 2 aliphatic carbocycles. The molecule has 0 fully saturated rings. The summed E-state index contributed by atoms with van der Waals surface area (Å²) in [6, 6.07) is 61.3. The number of nitrogens with zero attached hydrogens (tertiary/aromatic N) is 2. The highest BCUT2D eigenvalue weighted by atomic mass is 16.1. The summed E-state index contributed by atoms with van der Waals surface area (Å²) in [7, 11) is 0. The van der Waals surface area contributed by atoms with E-state index in [2.05, 4.69) is 167 Å². The van der Waals surface area contributed by atoms with Gasteiger partial charge < -0.3 is 4.57 Å². The first-order valence-corrected chi connectivity index (χ1v) is 18.3. The third-order valence-electron chi connectivity index (χ3n) is 12.4. The molecular weight excluding hydrogens is 645 g/mol. The molecule has 3 nitrogen and oxygen atoms in total. The molecule has 0 radical (unpaired) electrons. The van der Waals surface area contributed by atoms with E-state index in [1.807, 2.05) is 12.1 Å². The minimum atomic E-state index is -0.493. The summed E-state index contributed by atoms with van der Waals surface area (Å²) >= 11 is 0. The minimum absolute atomic E-state index is 0.0221. The molecule has 0 N–H and O–H groups in total. The molecule has 0 saturated heterocycles. The molecule has 1 spiro atoms. The van der Waals surface area contributed by atoms with Crippen molar-refractivity contribution in [2.75, 3.05) is 0 Å². The maximum Gasteiger partial charge on any atom is 0.263 e. The zero-order valence-electron chi connectivity index (χ0n) is 28.5. The number of aromatic nitrogens is 2. The van der Waals surface area contributed by atoms with Gasteiger partial charge in [0.15, 0.2) is 0 Å². The summed E-state index contributed by atoms with van der Waals surface area (Å²) in [4.78, 5) is 15.2. The molecular formula is C50H28N2O. The van der Waals surface area contributed by atoms with Crippen LogP contribution in [0.2, 0.25) is 0 Å². The normalized spacial score (nSPS) is 13.9. The van der Waals surface area contributed by atoms with Crippen LogP contribution < -0.4 is 5.56 Å². The summed E-state index contributed by atoms with van der Waals surface area (Å²) < 4.78 is 4.48. The smallest absolute Gasteiger partial charge is 0.263 e. The van der Waals surface area contributed by atoms with Crippen molar-refractivity contribution in [3.05, 3.63) is 202 Å². The second-order valence-electron chi connectivity index (χ2n) is 14.7. The Morgan fingerprint density at radius 1 is 0.396 bits per heavy atom. The lowest BCUT2D eigenvalue weighted by atomic mass is 9.70. The largest absolute Gasteiger partial charge is 0.309 e. The van der Waals surface area contributed by atoms with Gasteiger partial charge in [0.2, 0.25) is 0 Å². The molecule has 0 amide bonds. The van der Waals surface area contributed by atoms with Crippen LogP contribution in [0.3, 0.4) is 0 Å². The highest BCUT2D eigenvalue weighted by Gasteiger charge is 2.52. The van der Waals surface area contributed by atoms with E-state index in [4.69, 9.17) is 0 Å². The second kappa shape index (κ2) is 9.47. The SMILES string of the molecule is O=c1c2ccccc2c2c3c(cc4c5ccc6c(c5n1c42)-c1ccccc1C61c2ccccc2-c2ccccc21)c1ccccc1n3-c1ccccc1. The fourth-order valence-electron chi connectivity index (χ4n) is 10.6. The van der Waals surface area contributed by atoms with Crippen LogP contribution in [0, 0.1) is 0 Å². The van der Waals surface area contributed by atoms with Gasteiger partial charge in [-0.25, -0.2) is 0 Å². The predicted molar refractivity (Wildman–Crippen MR) is 218 cm³/mol. The molecule has 0 aliphatic heterocycles. The van der Waals surface area contributed by atoms with Gasteiger partial charge in [0, 0.05) is 43.6 Å². The first-order valence-electron chi connectivity index (χ1n) is 18.3. The number of para-hydroxylation sites is 2. The highest BCUT2D eigenvalue weighted by Crippen LogP contribution is 2.64. The van der Waals surface area contributed by atoms with Crippen LogP contribution in [0.1, 0.15) is 22.3 Å². The fourth-order valence-corrected chi connectivity index (χ4v) is 10.6. The van der Waals surface area contributed by atoms with E-state index in [1.54, 1.807) is 0 Å². The van der Waals surface area contributed by atoms with Gasteiger partial charge in [-0.1, -0.05) is 140 Å². The Morgan fingerprint density at radius 2 is 0.962 bits per heavy atom. The first-order chi connectivity index (χ1) is 26.3. The van der Waals surface area contributed by atoms with Crippen molar-refractivity contribution in [1.29, 1.82) is 0 Å². The molecule has 3 heteroatoms. The van der Waals surface area contributed by atoms with Crippen LogP contribution in [0.15, 0.2) is 175 Å². The Hall–Kier alpha value is -6.97. The average Bonchev–Trinajstić information content (AvgIpc) is 3.92. The van der Waals surface area contributed by atoms with Gasteiger partial charge in [-0.3, -0.25) is 9.20 Å². The van der Waals surface area contributed by atoms with Crippen LogP contribution in [0.5, 0.6) is 0 Å². The number of rotatable bonds is 1. The molecule has 3 aromatic heterocycles. The quantitative estimate of drug-likeness (QED) is 0.159. The maximum absolute atomic E-state index is 15.2. The van der Waals surface area contributed by atoms with E-state index in [1.165, 1.54) is 49.7 Å². The van der Waals surface area contributed by atoms with E-state index < -0.39 is 5.41 Å². The van der Waals surface area contributed by atoms with Gasteiger partial charge >= 0.3 is 0 Å². The lowest BCUT2D eigenvalue weighted by Crippen LogP contribution is -2.25. The van der Waals surface area contributed by atoms with Crippen LogP contribution in [0.25, 0.3) is 87.7 Å². The van der Waals surface area contributed by atoms with E-state index in [0.717, 1.165) is 60.2 Å². The first kappa shape index (κ1) is 27.7. The van der Waals surface area contributed by atoms with Crippen LogP contribution in [-0.4, -0.2) is 8.97 Å². The van der Waals surface area contributed by atoms with Crippen molar-refractivity contribution in [2.45, 2.75) is 5.41 Å². The van der Waals surface area contributed by atoms with E-state index in [-0.39, 0.29) is 5.56 Å². The molecule has 8 aromatic carbocycles. The Kier molecular flexibility index (Phi) is 4.95. The Balaban J connectivity index is 1.31. The predicted octanol–water partition coefficient (Wildman–Crippen LogP) is 11.6. The molecule has 244 valence electrons. The zero-order chi connectivity index (χ0) is 34.6. The summed E-state index contributed by atoms with van der Waals surface area (Å²) in [6.07, 6.45) is 0. The molecule has 0 unspecified atom stereocenters. The van der Waals surface area contributed by atoms with Crippen LogP contribution in [0.4, 0.5) is 0 Å². The lowest BCUT2D eigenvalue weighted by molar-refractivity contribution is 0.794. The van der Waals surface area contributed by atoms with Crippen LogP contribution >= 0.6 is 0 Å². The van der Waals surface area contributed by atoms with Gasteiger partial charge in [0.1, 0.15) is 0 Å². The fraction of sp³-hybridized carbons (Fsp3) is 0.0200. The summed E-state index contributed by atoms with van der Waals surface area (Å²) in [5, 5.41) is 7.41. The topological polar surface area (TPSA) is 26.4 Å².